The second-order valence-corrected chi connectivity index (χ2v) is 8.11. The van der Waals surface area contributed by atoms with E-state index in [0.29, 0.717) is 16.2 Å². The maximum absolute atomic E-state index is 4.29. The van der Waals surface area contributed by atoms with E-state index >= 15 is 0 Å². The van der Waals surface area contributed by atoms with Crippen molar-refractivity contribution in [3.05, 3.63) is 26.7 Å². The van der Waals surface area contributed by atoms with Crippen molar-refractivity contribution in [2.75, 3.05) is 0 Å². The first kappa shape index (κ1) is 26.4. The number of hydrogen-bond donors (Lipinski definition) is 0. The molecule has 0 spiro atoms. The van der Waals surface area contributed by atoms with E-state index in [2.05, 4.69) is 48.5 Å². The third kappa shape index (κ3) is 6.84. The van der Waals surface area contributed by atoms with E-state index in [1.165, 1.54) is 57.3 Å². The molecule has 0 aromatic heterocycles. The van der Waals surface area contributed by atoms with E-state index in [4.69, 9.17) is 0 Å². The van der Waals surface area contributed by atoms with Crippen LogP contribution in [-0.2, 0) is 65.4 Å². The van der Waals surface area contributed by atoms with Crippen LogP contribution in [-0.4, -0.2) is 0 Å². The second kappa shape index (κ2) is 11.0. The third-order valence-electron chi connectivity index (χ3n) is 6.19. The first-order valence-electron chi connectivity index (χ1n) is 8.47. The maximum Gasteiger partial charge on any atom is 0 e. The zero-order valence-corrected chi connectivity index (χ0v) is 21.3. The van der Waals surface area contributed by atoms with Gasteiger partial charge >= 0.3 is 0 Å². The van der Waals surface area contributed by atoms with E-state index in [1.807, 2.05) is 0 Å². The van der Waals surface area contributed by atoms with Gasteiger partial charge in [-0.2, -0.15) is 25.7 Å². The van der Waals surface area contributed by atoms with Crippen LogP contribution in [0.15, 0.2) is 0 Å². The Morgan fingerprint density at radius 3 is 1.55 bits per heavy atom. The van der Waals surface area contributed by atoms with Crippen molar-refractivity contribution < 1.29 is 65.4 Å². The van der Waals surface area contributed by atoms with Crippen LogP contribution in [0.5, 0.6) is 0 Å². The average molecular weight is 454 g/mol. The topological polar surface area (TPSA) is 0 Å². The van der Waals surface area contributed by atoms with Crippen LogP contribution < -0.4 is 0 Å². The zero-order chi connectivity index (χ0) is 15.4. The summed E-state index contributed by atoms with van der Waals surface area (Å²) in [5, 5.41) is 0. The van der Waals surface area contributed by atoms with Gasteiger partial charge in [-0.15, -0.1) is 19.3 Å². The summed E-state index contributed by atoms with van der Waals surface area (Å²) >= 11 is 0. The molecule has 2 radical (unpaired) electrons. The fraction of sp³-hybridized carbons (Fsp3) is 0.800. The van der Waals surface area contributed by atoms with Crippen molar-refractivity contribution in [3.8, 4) is 0 Å². The monoisotopic (exact) mass is 454 g/mol. The molecule has 1 atom stereocenters. The van der Waals surface area contributed by atoms with Crippen LogP contribution in [0.1, 0.15) is 85.5 Å². The molecule has 0 N–H and O–H groups in total. The largest absolute Gasteiger partial charge is 0.366 e. The summed E-state index contributed by atoms with van der Waals surface area (Å²) in [4.78, 5) is 0. The van der Waals surface area contributed by atoms with Gasteiger partial charge < -0.3 is 26.7 Å². The summed E-state index contributed by atoms with van der Waals surface area (Å²) in [5.41, 5.74) is 1.18. The molecule has 0 aromatic carbocycles. The molecule has 0 bridgehead atoms. The van der Waals surface area contributed by atoms with Gasteiger partial charge in [0.15, 0.2) is 0 Å². The van der Waals surface area contributed by atoms with Crippen LogP contribution >= 0.6 is 0 Å². The molecule has 0 saturated heterocycles. The molecule has 0 amide bonds. The molecule has 1 unspecified atom stereocenters. The Hall–Kier alpha value is 2.21. The molecule has 22 heavy (non-hydrogen) atoms. The van der Waals surface area contributed by atoms with E-state index in [-0.39, 0.29) is 65.4 Å². The number of rotatable bonds is 3. The Labute approximate surface area is 191 Å². The van der Waals surface area contributed by atoms with Crippen molar-refractivity contribution >= 4 is 0 Å². The fourth-order valence-electron chi connectivity index (χ4n) is 3.51. The molecular formula is C20H36Y2-4. The third-order valence-corrected chi connectivity index (χ3v) is 6.19. The van der Waals surface area contributed by atoms with Gasteiger partial charge in [0, 0.05) is 65.4 Å². The van der Waals surface area contributed by atoms with Gasteiger partial charge in [-0.1, -0.05) is 51.4 Å². The summed E-state index contributed by atoms with van der Waals surface area (Å²) in [7, 11) is 0. The minimum Gasteiger partial charge on any atom is -0.366 e. The average Bonchev–Trinajstić information content (AvgIpc) is 2.39. The Bertz CT molecular complexity index is 287. The molecular weight excluding hydrogens is 418 g/mol. The Kier molecular flexibility index (Phi) is 13.3. The molecule has 0 aromatic rings. The predicted octanol–water partition coefficient (Wildman–Crippen LogP) is 6.62. The van der Waals surface area contributed by atoms with Crippen molar-refractivity contribution in [1.82, 2.24) is 0 Å². The van der Waals surface area contributed by atoms with Gasteiger partial charge in [-0.05, 0) is 0 Å². The summed E-state index contributed by atoms with van der Waals surface area (Å²) < 4.78 is 0. The van der Waals surface area contributed by atoms with Gasteiger partial charge in [0.05, 0.1) is 0 Å². The van der Waals surface area contributed by atoms with Crippen molar-refractivity contribution in [1.29, 1.82) is 0 Å². The minimum atomic E-state index is 0. The van der Waals surface area contributed by atoms with Gasteiger partial charge in [-0.25, -0.2) is 0 Å². The van der Waals surface area contributed by atoms with Crippen LogP contribution in [0.3, 0.4) is 0 Å². The maximum atomic E-state index is 4.29. The normalized spacial score (nSPS) is 28.4. The summed E-state index contributed by atoms with van der Waals surface area (Å²) in [6.45, 7) is 21.5. The van der Waals surface area contributed by atoms with Gasteiger partial charge in [0.1, 0.15) is 0 Å². The van der Waals surface area contributed by atoms with E-state index in [0.717, 1.165) is 6.42 Å². The first-order valence-corrected chi connectivity index (χ1v) is 8.47. The Balaban J connectivity index is 0. The zero-order valence-electron chi connectivity index (χ0n) is 15.6. The quantitative estimate of drug-likeness (QED) is 0.421. The SMILES string of the molecule is [CH2-]C1([C-](C)C)CCCCC1.[CH2-]CCC1([CH2-])CCC1(C)C.[Y].[Y]. The van der Waals surface area contributed by atoms with Crippen LogP contribution in [0.2, 0.25) is 0 Å². The molecule has 0 nitrogen and oxygen atoms in total. The summed E-state index contributed by atoms with van der Waals surface area (Å²) in [6.07, 6.45) is 11.7. The summed E-state index contributed by atoms with van der Waals surface area (Å²) in [5.74, 6) is 1.52. The molecule has 0 heterocycles. The van der Waals surface area contributed by atoms with Crippen molar-refractivity contribution in [3.63, 3.8) is 0 Å². The van der Waals surface area contributed by atoms with Gasteiger partial charge in [0.25, 0.3) is 0 Å². The Morgan fingerprint density at radius 2 is 1.36 bits per heavy atom. The van der Waals surface area contributed by atoms with Crippen molar-refractivity contribution in [2.45, 2.75) is 85.5 Å². The van der Waals surface area contributed by atoms with Gasteiger partial charge in [-0.3, -0.25) is 5.41 Å². The standard InChI is InChI=1S/2C10H18.2Y/c1-9(2)10(3)7-5-4-6-8-10;1-5-6-10(4)8-7-9(10,2)3;;/h3-8H2,1-2H3;1,4-8H2,2-3H3;;/q2*-2;;. The molecule has 126 valence electrons. The molecule has 2 fully saturated rings. The molecule has 2 saturated carbocycles. The first-order chi connectivity index (χ1) is 9.17. The van der Waals surface area contributed by atoms with E-state index < -0.39 is 0 Å². The minimum absolute atomic E-state index is 0. The molecule has 2 aliphatic carbocycles. The fourth-order valence-corrected chi connectivity index (χ4v) is 3.51. The summed E-state index contributed by atoms with van der Waals surface area (Å²) in [6, 6.07) is 0. The van der Waals surface area contributed by atoms with Gasteiger partial charge in [0.2, 0.25) is 0 Å². The van der Waals surface area contributed by atoms with E-state index in [9.17, 15) is 0 Å². The van der Waals surface area contributed by atoms with Crippen LogP contribution in [0.25, 0.3) is 0 Å². The molecule has 2 rings (SSSR count). The second-order valence-electron chi connectivity index (χ2n) is 8.11. The van der Waals surface area contributed by atoms with Crippen molar-refractivity contribution in [2.24, 2.45) is 16.2 Å². The van der Waals surface area contributed by atoms with E-state index in [1.54, 1.807) is 0 Å². The Morgan fingerprint density at radius 1 is 0.864 bits per heavy atom. The van der Waals surface area contributed by atoms with Crippen LogP contribution in [0, 0.1) is 42.9 Å². The molecule has 2 aliphatic rings. The van der Waals surface area contributed by atoms with Crippen LogP contribution in [0.4, 0.5) is 0 Å². The smallest absolute Gasteiger partial charge is 0 e. The number of hydrogen-bond acceptors (Lipinski definition) is 0. The molecule has 2 heteroatoms. The predicted molar refractivity (Wildman–Crippen MR) is 90.9 cm³/mol. The molecule has 0 aliphatic heterocycles.